The number of halogens is 1. The summed E-state index contributed by atoms with van der Waals surface area (Å²) in [6, 6.07) is 3.77. The monoisotopic (exact) mass is 178 g/mol. The first-order chi connectivity index (χ1) is 6.15. The summed E-state index contributed by atoms with van der Waals surface area (Å²) in [5, 5.41) is 10.2. The summed E-state index contributed by atoms with van der Waals surface area (Å²) >= 11 is 0. The Labute approximate surface area is 74.8 Å². The molecule has 0 aliphatic heterocycles. The predicted octanol–water partition coefficient (Wildman–Crippen LogP) is 1.34. The Morgan fingerprint density at radius 1 is 1.62 bits per heavy atom. The van der Waals surface area contributed by atoms with Crippen LogP contribution in [0.1, 0.15) is 15.9 Å². The molecule has 1 aromatic carbocycles. The highest BCUT2D eigenvalue weighted by atomic mass is 19.1. The van der Waals surface area contributed by atoms with E-state index in [1.54, 1.807) is 6.92 Å². The Morgan fingerprint density at radius 2 is 2.31 bits per heavy atom. The maximum Gasteiger partial charge on any atom is 0.264 e. The van der Waals surface area contributed by atoms with Crippen LogP contribution in [0, 0.1) is 24.2 Å². The first kappa shape index (κ1) is 9.20. The molecule has 13 heavy (non-hydrogen) atoms. The summed E-state index contributed by atoms with van der Waals surface area (Å²) in [6.07, 6.45) is 1.51. The molecule has 0 radical (unpaired) electrons. The highest BCUT2D eigenvalue weighted by Crippen LogP contribution is 2.09. The van der Waals surface area contributed by atoms with Crippen LogP contribution in [0.25, 0.3) is 0 Å². The molecule has 0 atom stereocenters. The fourth-order valence-corrected chi connectivity index (χ4v) is 1.000. The molecular formula is C9H7FN2O. The largest absolute Gasteiger partial charge is 0.268 e. The third-order valence-corrected chi connectivity index (χ3v) is 1.60. The number of nitrogens with one attached hydrogen (secondary N) is 1. The van der Waals surface area contributed by atoms with Gasteiger partial charge in [-0.25, -0.2) is 4.39 Å². The van der Waals surface area contributed by atoms with Crippen LogP contribution >= 0.6 is 0 Å². The molecule has 3 nitrogen and oxygen atoms in total. The third kappa shape index (κ3) is 2.03. The second kappa shape index (κ2) is 3.68. The van der Waals surface area contributed by atoms with Crippen molar-refractivity contribution in [2.24, 2.45) is 0 Å². The van der Waals surface area contributed by atoms with E-state index in [4.69, 9.17) is 5.26 Å². The molecule has 0 aliphatic carbocycles. The quantitative estimate of drug-likeness (QED) is 0.521. The highest BCUT2D eigenvalue weighted by molar-refractivity contribution is 5.96. The van der Waals surface area contributed by atoms with Gasteiger partial charge in [-0.2, -0.15) is 5.26 Å². The van der Waals surface area contributed by atoms with Crippen molar-refractivity contribution in [2.45, 2.75) is 6.92 Å². The van der Waals surface area contributed by atoms with Crippen LogP contribution in [0.15, 0.2) is 18.2 Å². The van der Waals surface area contributed by atoms with Crippen molar-refractivity contribution in [3.8, 4) is 6.19 Å². The van der Waals surface area contributed by atoms with Gasteiger partial charge in [-0.1, -0.05) is 0 Å². The van der Waals surface area contributed by atoms with E-state index >= 15 is 0 Å². The van der Waals surface area contributed by atoms with Crippen LogP contribution in [0.2, 0.25) is 0 Å². The topological polar surface area (TPSA) is 52.9 Å². The highest BCUT2D eigenvalue weighted by Gasteiger charge is 2.07. The second-order valence-corrected chi connectivity index (χ2v) is 2.53. The number of hydrogen-bond acceptors (Lipinski definition) is 2. The van der Waals surface area contributed by atoms with Crippen LogP contribution in [0.3, 0.4) is 0 Å². The number of amides is 1. The lowest BCUT2D eigenvalue weighted by atomic mass is 10.1. The van der Waals surface area contributed by atoms with Crippen molar-refractivity contribution in [1.82, 2.24) is 5.32 Å². The molecule has 66 valence electrons. The van der Waals surface area contributed by atoms with Gasteiger partial charge in [-0.3, -0.25) is 10.1 Å². The molecule has 4 heteroatoms. The lowest BCUT2D eigenvalue weighted by Gasteiger charge is -2.01. The first-order valence-corrected chi connectivity index (χ1v) is 3.60. The lowest BCUT2D eigenvalue weighted by molar-refractivity contribution is 0.0972. The molecule has 1 rings (SSSR count). The first-order valence-electron chi connectivity index (χ1n) is 3.60. The molecule has 0 saturated heterocycles. The van der Waals surface area contributed by atoms with Crippen molar-refractivity contribution in [1.29, 1.82) is 5.26 Å². The molecule has 0 unspecified atom stereocenters. The number of hydrogen-bond donors (Lipinski definition) is 1. The molecule has 0 saturated carbocycles. The number of nitrogens with zero attached hydrogens (tertiary/aromatic N) is 1. The number of nitriles is 1. The van der Waals surface area contributed by atoms with E-state index in [9.17, 15) is 9.18 Å². The zero-order chi connectivity index (χ0) is 9.84. The number of aryl methyl sites for hydroxylation is 1. The maximum atomic E-state index is 12.6. The minimum atomic E-state index is -0.514. The minimum absolute atomic E-state index is 0.308. The Kier molecular flexibility index (Phi) is 2.60. The van der Waals surface area contributed by atoms with Crippen molar-refractivity contribution >= 4 is 5.91 Å². The van der Waals surface area contributed by atoms with Gasteiger partial charge in [0.15, 0.2) is 6.19 Å². The van der Waals surface area contributed by atoms with Crippen LogP contribution in [0.4, 0.5) is 4.39 Å². The molecule has 1 aromatic rings. The Bertz CT molecular complexity index is 382. The van der Waals surface area contributed by atoms with Gasteiger partial charge in [0.1, 0.15) is 5.82 Å². The van der Waals surface area contributed by atoms with Crippen molar-refractivity contribution in [3.63, 3.8) is 0 Å². The number of benzene rings is 1. The average Bonchev–Trinajstić information content (AvgIpc) is 2.04. The van der Waals surface area contributed by atoms with Gasteiger partial charge in [0, 0.05) is 5.56 Å². The molecule has 0 spiro atoms. The zero-order valence-electron chi connectivity index (χ0n) is 6.97. The van der Waals surface area contributed by atoms with Gasteiger partial charge in [0.2, 0.25) is 0 Å². The molecule has 1 amide bonds. The fourth-order valence-electron chi connectivity index (χ4n) is 1.000. The van der Waals surface area contributed by atoms with E-state index < -0.39 is 11.7 Å². The van der Waals surface area contributed by atoms with E-state index in [1.165, 1.54) is 24.4 Å². The van der Waals surface area contributed by atoms with E-state index in [-0.39, 0.29) is 0 Å². The van der Waals surface area contributed by atoms with Crippen LogP contribution in [-0.4, -0.2) is 5.91 Å². The zero-order valence-corrected chi connectivity index (χ0v) is 6.97. The van der Waals surface area contributed by atoms with E-state index in [2.05, 4.69) is 0 Å². The van der Waals surface area contributed by atoms with Gasteiger partial charge < -0.3 is 0 Å². The summed E-state index contributed by atoms with van der Waals surface area (Å²) in [5.74, 6) is -0.911. The van der Waals surface area contributed by atoms with E-state index in [0.29, 0.717) is 11.1 Å². The van der Waals surface area contributed by atoms with Gasteiger partial charge in [0.25, 0.3) is 5.91 Å². The summed E-state index contributed by atoms with van der Waals surface area (Å²) in [4.78, 5) is 11.1. The van der Waals surface area contributed by atoms with Crippen molar-refractivity contribution in [2.75, 3.05) is 0 Å². The molecule has 1 N–H and O–H groups in total. The Morgan fingerprint density at radius 3 is 2.85 bits per heavy atom. The number of rotatable bonds is 1. The smallest absolute Gasteiger partial charge is 0.264 e. The maximum absolute atomic E-state index is 12.6. The second-order valence-electron chi connectivity index (χ2n) is 2.53. The van der Waals surface area contributed by atoms with Gasteiger partial charge in [0.05, 0.1) is 0 Å². The standard InChI is InChI=1S/C9H7FN2O/c1-6-4-7(10)2-3-8(6)9(13)12-5-11/h2-4H,1H3,(H,12,13). The van der Waals surface area contributed by atoms with E-state index in [1.807, 2.05) is 5.32 Å². The molecular weight excluding hydrogens is 171 g/mol. The third-order valence-electron chi connectivity index (χ3n) is 1.60. The van der Waals surface area contributed by atoms with Crippen LogP contribution < -0.4 is 5.32 Å². The Hall–Kier alpha value is -1.89. The van der Waals surface area contributed by atoms with Crippen LogP contribution in [0.5, 0.6) is 0 Å². The predicted molar refractivity (Wildman–Crippen MR) is 44.2 cm³/mol. The van der Waals surface area contributed by atoms with Gasteiger partial charge >= 0.3 is 0 Å². The number of carbonyl (C=O) groups is 1. The van der Waals surface area contributed by atoms with Crippen LogP contribution in [-0.2, 0) is 0 Å². The normalized spacial score (nSPS) is 9.00. The average molecular weight is 178 g/mol. The summed E-state index contributed by atoms with van der Waals surface area (Å²) in [7, 11) is 0. The molecule has 0 aromatic heterocycles. The summed E-state index contributed by atoms with van der Waals surface area (Å²) in [5.41, 5.74) is 0.815. The minimum Gasteiger partial charge on any atom is -0.268 e. The molecule has 0 heterocycles. The summed E-state index contributed by atoms with van der Waals surface area (Å²) in [6.45, 7) is 1.61. The van der Waals surface area contributed by atoms with Crippen molar-refractivity contribution < 1.29 is 9.18 Å². The number of carbonyl (C=O) groups excluding carboxylic acids is 1. The molecule has 0 aliphatic rings. The molecule has 0 bridgehead atoms. The van der Waals surface area contributed by atoms with Gasteiger partial charge in [-0.05, 0) is 30.7 Å². The van der Waals surface area contributed by atoms with Crippen molar-refractivity contribution in [3.05, 3.63) is 35.1 Å². The Balaban J connectivity index is 3.03. The lowest BCUT2D eigenvalue weighted by Crippen LogP contribution is -2.18. The van der Waals surface area contributed by atoms with E-state index in [0.717, 1.165) is 0 Å². The van der Waals surface area contributed by atoms with Gasteiger partial charge in [-0.15, -0.1) is 0 Å². The fraction of sp³-hybridized carbons (Fsp3) is 0.111. The molecule has 0 fully saturated rings. The SMILES string of the molecule is Cc1cc(F)ccc1C(=O)NC#N. The summed E-state index contributed by atoms with van der Waals surface area (Å²) < 4.78 is 12.6.